The van der Waals surface area contributed by atoms with Gasteiger partial charge >= 0.3 is 5.97 Å². The van der Waals surface area contributed by atoms with Crippen LogP contribution in [0.3, 0.4) is 0 Å². The second-order valence-electron chi connectivity index (χ2n) is 7.01. The van der Waals surface area contributed by atoms with Crippen molar-refractivity contribution in [3.05, 3.63) is 59.7 Å². The number of esters is 1. The lowest BCUT2D eigenvalue weighted by molar-refractivity contribution is 0.0734. The molecule has 2 aromatic carbocycles. The predicted molar refractivity (Wildman–Crippen MR) is 99.1 cm³/mol. The van der Waals surface area contributed by atoms with Gasteiger partial charge in [0.05, 0.1) is 5.56 Å². The fourth-order valence-electron chi connectivity index (χ4n) is 3.76. The lowest BCUT2D eigenvalue weighted by Crippen LogP contribution is -2.13. The number of phenolic OH excluding ortho intramolecular Hbond substituents is 1. The molecule has 3 nitrogen and oxygen atoms in total. The van der Waals surface area contributed by atoms with Crippen LogP contribution in [0.2, 0.25) is 0 Å². The van der Waals surface area contributed by atoms with Gasteiger partial charge in [0.2, 0.25) is 0 Å². The van der Waals surface area contributed by atoms with E-state index in [2.05, 4.69) is 19.1 Å². The van der Waals surface area contributed by atoms with Crippen LogP contribution in [0.4, 0.5) is 0 Å². The summed E-state index contributed by atoms with van der Waals surface area (Å²) in [6.45, 7) is 2.27. The Hall–Kier alpha value is -2.29. The van der Waals surface area contributed by atoms with Crippen molar-refractivity contribution in [2.24, 2.45) is 5.92 Å². The molecule has 132 valence electrons. The molecule has 0 spiro atoms. The Bertz CT molecular complexity index is 680. The van der Waals surface area contributed by atoms with Gasteiger partial charge in [0.25, 0.3) is 0 Å². The van der Waals surface area contributed by atoms with Crippen molar-refractivity contribution in [2.45, 2.75) is 51.4 Å². The van der Waals surface area contributed by atoms with Crippen LogP contribution >= 0.6 is 0 Å². The van der Waals surface area contributed by atoms with Crippen LogP contribution < -0.4 is 4.74 Å². The van der Waals surface area contributed by atoms with E-state index in [0.717, 1.165) is 5.92 Å². The molecule has 1 fully saturated rings. The maximum Gasteiger partial charge on any atom is 0.343 e. The van der Waals surface area contributed by atoms with Gasteiger partial charge in [-0.25, -0.2) is 4.79 Å². The second kappa shape index (κ2) is 8.19. The van der Waals surface area contributed by atoms with Crippen molar-refractivity contribution >= 4 is 5.97 Å². The molecule has 0 atom stereocenters. The molecule has 0 unspecified atom stereocenters. The standard InChI is InChI=1S/C22H26O3/c1-2-3-16-4-6-17(7-5-16)18-10-14-21(15-11-18)25-22(24)19-8-12-20(23)13-9-19/h8-17,23H,2-7H2,1H3/t16-,17-. The van der Waals surface area contributed by atoms with Crippen LogP contribution in [0.1, 0.15) is 67.3 Å². The normalized spacial score (nSPS) is 20.2. The van der Waals surface area contributed by atoms with Gasteiger partial charge in [-0.1, -0.05) is 31.9 Å². The van der Waals surface area contributed by atoms with E-state index in [1.165, 1.54) is 56.2 Å². The smallest absolute Gasteiger partial charge is 0.343 e. The summed E-state index contributed by atoms with van der Waals surface area (Å²) in [5, 5.41) is 9.28. The average molecular weight is 338 g/mol. The Kier molecular flexibility index (Phi) is 5.75. The molecule has 3 heteroatoms. The van der Waals surface area contributed by atoms with Crippen LogP contribution in [0.5, 0.6) is 11.5 Å². The van der Waals surface area contributed by atoms with Gasteiger partial charge < -0.3 is 9.84 Å². The Morgan fingerprint density at radius 2 is 1.64 bits per heavy atom. The van der Waals surface area contributed by atoms with Gasteiger partial charge in [0.15, 0.2) is 0 Å². The number of ether oxygens (including phenoxy) is 1. The number of carbonyl (C=O) groups excluding carboxylic acids is 1. The molecule has 1 aliphatic rings. The molecule has 2 aromatic rings. The topological polar surface area (TPSA) is 46.5 Å². The molecule has 1 aliphatic carbocycles. The lowest BCUT2D eigenvalue weighted by atomic mass is 9.77. The van der Waals surface area contributed by atoms with E-state index in [4.69, 9.17) is 4.74 Å². The number of benzene rings is 2. The highest BCUT2D eigenvalue weighted by Crippen LogP contribution is 2.37. The third-order valence-electron chi connectivity index (χ3n) is 5.21. The molecule has 1 N–H and O–H groups in total. The van der Waals surface area contributed by atoms with E-state index in [1.807, 2.05) is 12.1 Å². The van der Waals surface area contributed by atoms with Gasteiger partial charge in [0, 0.05) is 0 Å². The lowest BCUT2D eigenvalue weighted by Gasteiger charge is -2.28. The van der Waals surface area contributed by atoms with Crippen LogP contribution in [-0.4, -0.2) is 11.1 Å². The molecular weight excluding hydrogens is 312 g/mol. The first-order valence-corrected chi connectivity index (χ1v) is 9.27. The molecule has 0 amide bonds. The average Bonchev–Trinajstić information content (AvgIpc) is 2.64. The largest absolute Gasteiger partial charge is 0.508 e. The first kappa shape index (κ1) is 17.5. The summed E-state index contributed by atoms with van der Waals surface area (Å²) in [5.41, 5.74) is 1.77. The molecule has 0 heterocycles. The fourth-order valence-corrected chi connectivity index (χ4v) is 3.76. The Morgan fingerprint density at radius 1 is 1.00 bits per heavy atom. The summed E-state index contributed by atoms with van der Waals surface area (Å²) >= 11 is 0. The minimum absolute atomic E-state index is 0.134. The molecule has 0 saturated heterocycles. The van der Waals surface area contributed by atoms with Crippen molar-refractivity contribution < 1.29 is 14.6 Å². The first-order chi connectivity index (χ1) is 12.2. The van der Waals surface area contributed by atoms with Crippen LogP contribution in [0.25, 0.3) is 0 Å². The summed E-state index contributed by atoms with van der Waals surface area (Å²) in [6, 6.07) is 14.0. The summed E-state index contributed by atoms with van der Waals surface area (Å²) in [7, 11) is 0. The molecular formula is C22H26O3. The number of carbonyl (C=O) groups is 1. The zero-order valence-electron chi connectivity index (χ0n) is 14.8. The minimum atomic E-state index is -0.409. The number of hydrogen-bond acceptors (Lipinski definition) is 3. The summed E-state index contributed by atoms with van der Waals surface area (Å²) in [5.74, 6) is 1.82. The quantitative estimate of drug-likeness (QED) is 0.563. The maximum atomic E-state index is 12.1. The van der Waals surface area contributed by atoms with E-state index < -0.39 is 5.97 Å². The van der Waals surface area contributed by atoms with E-state index in [9.17, 15) is 9.90 Å². The van der Waals surface area contributed by atoms with Crippen molar-refractivity contribution in [3.63, 3.8) is 0 Å². The van der Waals surface area contributed by atoms with Gasteiger partial charge in [-0.2, -0.15) is 0 Å². The Labute approximate surface area is 149 Å². The Morgan fingerprint density at radius 3 is 2.24 bits per heavy atom. The number of hydrogen-bond donors (Lipinski definition) is 1. The van der Waals surface area contributed by atoms with Crippen LogP contribution in [-0.2, 0) is 0 Å². The van der Waals surface area contributed by atoms with Crippen molar-refractivity contribution in [1.29, 1.82) is 0 Å². The zero-order chi connectivity index (χ0) is 17.6. The van der Waals surface area contributed by atoms with Crippen molar-refractivity contribution in [1.82, 2.24) is 0 Å². The minimum Gasteiger partial charge on any atom is -0.508 e. The number of rotatable bonds is 5. The van der Waals surface area contributed by atoms with Crippen molar-refractivity contribution in [2.75, 3.05) is 0 Å². The monoisotopic (exact) mass is 338 g/mol. The van der Waals surface area contributed by atoms with Crippen LogP contribution in [0, 0.1) is 5.92 Å². The summed E-state index contributed by atoms with van der Waals surface area (Å²) < 4.78 is 5.41. The maximum absolute atomic E-state index is 12.1. The SMILES string of the molecule is CCC[C@H]1CC[C@H](c2ccc(OC(=O)c3ccc(O)cc3)cc2)CC1. The van der Waals surface area contributed by atoms with E-state index in [0.29, 0.717) is 17.2 Å². The highest BCUT2D eigenvalue weighted by Gasteiger charge is 2.21. The number of phenols is 1. The third-order valence-corrected chi connectivity index (χ3v) is 5.21. The molecule has 0 radical (unpaired) electrons. The molecule has 1 saturated carbocycles. The molecule has 0 aromatic heterocycles. The van der Waals surface area contributed by atoms with Gasteiger partial charge in [-0.15, -0.1) is 0 Å². The van der Waals surface area contributed by atoms with E-state index in [1.54, 1.807) is 12.1 Å². The molecule has 0 aliphatic heterocycles. The van der Waals surface area contributed by atoms with Crippen LogP contribution in [0.15, 0.2) is 48.5 Å². The summed E-state index contributed by atoms with van der Waals surface area (Å²) in [6.07, 6.45) is 7.83. The zero-order valence-corrected chi connectivity index (χ0v) is 14.8. The molecule has 3 rings (SSSR count). The highest BCUT2D eigenvalue weighted by atomic mass is 16.5. The first-order valence-electron chi connectivity index (χ1n) is 9.27. The van der Waals surface area contributed by atoms with Gasteiger partial charge in [-0.3, -0.25) is 0 Å². The molecule has 25 heavy (non-hydrogen) atoms. The predicted octanol–water partition coefficient (Wildman–Crippen LogP) is 5.69. The Balaban J connectivity index is 1.57. The van der Waals surface area contributed by atoms with Gasteiger partial charge in [-0.05, 0) is 79.5 Å². The third kappa shape index (κ3) is 4.62. The second-order valence-corrected chi connectivity index (χ2v) is 7.01. The van der Waals surface area contributed by atoms with E-state index in [-0.39, 0.29) is 5.75 Å². The number of aromatic hydroxyl groups is 1. The molecule has 0 bridgehead atoms. The highest BCUT2D eigenvalue weighted by molar-refractivity contribution is 5.91. The fraction of sp³-hybridized carbons (Fsp3) is 0.409. The van der Waals surface area contributed by atoms with Gasteiger partial charge in [0.1, 0.15) is 11.5 Å². The van der Waals surface area contributed by atoms with Crippen molar-refractivity contribution in [3.8, 4) is 11.5 Å². The summed E-state index contributed by atoms with van der Waals surface area (Å²) in [4.78, 5) is 12.1. The van der Waals surface area contributed by atoms with E-state index >= 15 is 0 Å².